The highest BCUT2D eigenvalue weighted by Gasteiger charge is 2.22. The Kier molecular flexibility index (Phi) is 4.42. The Labute approximate surface area is 339 Å². The van der Waals surface area contributed by atoms with Gasteiger partial charge in [0.1, 0.15) is 0 Å². The summed E-state index contributed by atoms with van der Waals surface area (Å²) in [6, 6.07) is 26.1. The Bertz CT molecular complexity index is 4170. The van der Waals surface area contributed by atoms with E-state index in [0.717, 1.165) is 0 Å². The van der Waals surface area contributed by atoms with Gasteiger partial charge in [0.15, 0.2) is 11.6 Å². The molecule has 0 atom stereocenters. The van der Waals surface area contributed by atoms with E-state index in [4.69, 9.17) is 21.8 Å². The SMILES string of the molecule is [2H]c1c([2H])c([2H])c2c(c1[2H])c1c([2H])c([2H])c([2H])c([2H])c1c1c(-n3c4ccccc4c4c([2H])c5c6ccccc6n(-c6nc(-c7ccccc7)nc(-c7ccccc7)n6)c5c([2H])c43)c([2H])c([2H])c([2H])c21. The second kappa shape index (κ2) is 11.9. The molecule has 260 valence electrons. The predicted octanol–water partition coefficient (Wildman–Crippen LogP) is 12.9. The minimum atomic E-state index is -0.668. The van der Waals surface area contributed by atoms with Crippen molar-refractivity contribution < 1.29 is 17.8 Å². The zero-order valence-corrected chi connectivity index (χ0v) is 29.1. The lowest BCUT2D eigenvalue weighted by atomic mass is 9.93. The molecule has 0 radical (unpaired) electrons. The van der Waals surface area contributed by atoms with E-state index < -0.39 is 66.5 Å². The van der Waals surface area contributed by atoms with Crippen molar-refractivity contribution in [1.82, 2.24) is 24.1 Å². The van der Waals surface area contributed by atoms with Crippen LogP contribution in [0.2, 0.25) is 0 Å². The van der Waals surface area contributed by atoms with Gasteiger partial charge in [-0.1, -0.05) is 157 Å². The number of benzene rings is 9. The first kappa shape index (κ1) is 20.7. The van der Waals surface area contributed by atoms with Crippen LogP contribution in [0.4, 0.5) is 0 Å². The summed E-state index contributed by atoms with van der Waals surface area (Å²) in [5, 5.41) is 0.356. The Morgan fingerprint density at radius 1 is 0.357 bits per heavy atom. The number of hydrogen-bond donors (Lipinski definition) is 0. The van der Waals surface area contributed by atoms with E-state index in [1.54, 1.807) is 28.8 Å². The zero-order valence-electron chi connectivity index (χ0n) is 42.1. The monoisotopic (exact) mass is 726 g/mol. The van der Waals surface area contributed by atoms with Gasteiger partial charge in [-0.25, -0.2) is 4.98 Å². The number of rotatable bonds is 4. The summed E-state index contributed by atoms with van der Waals surface area (Å²) in [7, 11) is 0. The largest absolute Gasteiger partial charge is 0.309 e. The second-order valence-electron chi connectivity index (χ2n) is 13.4. The maximum atomic E-state index is 10.5. The van der Waals surface area contributed by atoms with Gasteiger partial charge in [-0.05, 0) is 57.2 Å². The van der Waals surface area contributed by atoms with Crippen LogP contribution in [0.1, 0.15) is 17.8 Å². The molecule has 5 nitrogen and oxygen atoms in total. The van der Waals surface area contributed by atoms with Crippen molar-refractivity contribution in [2.24, 2.45) is 0 Å². The van der Waals surface area contributed by atoms with Crippen LogP contribution in [0.5, 0.6) is 0 Å². The highest BCUT2D eigenvalue weighted by Crippen LogP contribution is 2.43. The van der Waals surface area contributed by atoms with E-state index in [1.807, 2.05) is 84.9 Å². The number of fused-ring (bicyclic) bond motifs is 12. The summed E-state index contributed by atoms with van der Waals surface area (Å²) >= 11 is 0. The minimum Gasteiger partial charge on any atom is -0.309 e. The molecule has 9 aromatic carbocycles. The third-order valence-corrected chi connectivity index (χ3v) is 10.3. The first-order chi connectivity index (χ1) is 33.2. The first-order valence-electron chi connectivity index (χ1n) is 24.4. The standard InChI is InChI=1S/C51H31N5/c1-3-16-32(17-4-1)49-52-50(33-18-5-2-6-19-33)54-51(53-49)56-44-28-14-12-24-38(44)42-30-41-37-23-11-13-27-43(37)55(46(41)31-47(42)56)45-29-15-26-40-36-21-8-7-20-34(36)35-22-9-10-25-39(35)48(40)45/h1-31H/i7D,8D,9D,10D,15D,20D,21D,22D,25D,26D,29D,30D,31D. The molecule has 0 aliphatic heterocycles. The van der Waals surface area contributed by atoms with Crippen LogP contribution < -0.4 is 0 Å². The van der Waals surface area contributed by atoms with Crippen molar-refractivity contribution in [3.63, 3.8) is 0 Å². The van der Waals surface area contributed by atoms with E-state index in [-0.39, 0.29) is 67.1 Å². The Morgan fingerprint density at radius 3 is 1.41 bits per heavy atom. The van der Waals surface area contributed by atoms with Crippen LogP contribution >= 0.6 is 0 Å². The molecule has 0 spiro atoms. The number of hydrogen-bond acceptors (Lipinski definition) is 3. The highest BCUT2D eigenvalue weighted by atomic mass is 15.2. The summed E-state index contributed by atoms with van der Waals surface area (Å²) in [4.78, 5) is 14.9. The molecule has 0 amide bonds. The molecule has 0 aliphatic carbocycles. The van der Waals surface area contributed by atoms with E-state index in [1.165, 1.54) is 4.57 Å². The number of nitrogens with zero attached hydrogens (tertiary/aromatic N) is 5. The average molecular weight is 727 g/mol. The van der Waals surface area contributed by atoms with Crippen LogP contribution in [-0.2, 0) is 0 Å². The molecule has 0 saturated heterocycles. The smallest absolute Gasteiger partial charge is 0.238 e. The second-order valence-corrected chi connectivity index (χ2v) is 13.4. The lowest BCUT2D eigenvalue weighted by Gasteiger charge is -2.16. The van der Waals surface area contributed by atoms with E-state index in [9.17, 15) is 11.0 Å². The fourth-order valence-electron chi connectivity index (χ4n) is 7.91. The van der Waals surface area contributed by atoms with Gasteiger partial charge in [0, 0.05) is 38.1 Å². The molecular weight excluding hydrogens is 683 g/mol. The van der Waals surface area contributed by atoms with Crippen molar-refractivity contribution in [3.8, 4) is 34.4 Å². The van der Waals surface area contributed by atoms with E-state index >= 15 is 0 Å². The zero-order chi connectivity index (χ0) is 48.1. The van der Waals surface area contributed by atoms with Gasteiger partial charge in [-0.15, -0.1) is 0 Å². The molecule has 0 unspecified atom stereocenters. The fourth-order valence-corrected chi connectivity index (χ4v) is 7.91. The van der Waals surface area contributed by atoms with Gasteiger partial charge in [0.05, 0.1) is 45.6 Å². The molecule has 12 rings (SSSR count). The molecular formula is C51H31N5. The van der Waals surface area contributed by atoms with Crippen molar-refractivity contribution in [2.45, 2.75) is 0 Å². The molecule has 0 fully saturated rings. The van der Waals surface area contributed by atoms with Crippen molar-refractivity contribution in [3.05, 3.63) is 188 Å². The topological polar surface area (TPSA) is 48.5 Å². The van der Waals surface area contributed by atoms with Gasteiger partial charge in [0.25, 0.3) is 0 Å². The predicted molar refractivity (Wildman–Crippen MR) is 232 cm³/mol. The lowest BCUT2D eigenvalue weighted by Crippen LogP contribution is -2.06. The fraction of sp³-hybridized carbons (Fsp3) is 0. The summed E-state index contributed by atoms with van der Waals surface area (Å²) in [5.74, 6) is 0.845. The molecule has 0 bridgehead atoms. The van der Waals surface area contributed by atoms with Gasteiger partial charge in [-0.2, -0.15) is 9.97 Å². The van der Waals surface area contributed by atoms with Gasteiger partial charge in [0.2, 0.25) is 5.95 Å². The van der Waals surface area contributed by atoms with Crippen LogP contribution in [0.15, 0.2) is 188 Å². The number of aromatic nitrogens is 5. The third-order valence-electron chi connectivity index (χ3n) is 10.3. The summed E-state index contributed by atoms with van der Waals surface area (Å²) in [6.45, 7) is 0. The van der Waals surface area contributed by atoms with Crippen LogP contribution in [0.25, 0.3) is 110 Å². The van der Waals surface area contributed by atoms with Crippen molar-refractivity contribution in [1.29, 1.82) is 0 Å². The Balaban J connectivity index is 1.33. The molecule has 12 aromatic rings. The number of para-hydroxylation sites is 2. The molecule has 5 heteroatoms. The van der Waals surface area contributed by atoms with Crippen molar-refractivity contribution in [2.75, 3.05) is 0 Å². The quantitative estimate of drug-likeness (QED) is 0.170. The molecule has 3 aromatic heterocycles. The third kappa shape index (κ3) is 4.46. The maximum absolute atomic E-state index is 10.5. The average Bonchev–Trinajstić information content (AvgIpc) is 3.91. The molecule has 0 N–H and O–H groups in total. The highest BCUT2D eigenvalue weighted by molar-refractivity contribution is 6.28. The van der Waals surface area contributed by atoms with E-state index in [2.05, 4.69) is 0 Å². The molecule has 0 saturated carbocycles. The molecule has 56 heavy (non-hydrogen) atoms. The summed E-state index contributed by atoms with van der Waals surface area (Å²) in [5.41, 5.74) is 2.44. The molecule has 3 heterocycles. The maximum Gasteiger partial charge on any atom is 0.238 e. The summed E-state index contributed by atoms with van der Waals surface area (Å²) in [6.07, 6.45) is 0. The Hall–Kier alpha value is -7.63. The lowest BCUT2D eigenvalue weighted by molar-refractivity contribution is 0.953. The van der Waals surface area contributed by atoms with Gasteiger partial charge in [-0.3, -0.25) is 4.57 Å². The van der Waals surface area contributed by atoms with E-state index in [0.29, 0.717) is 55.4 Å². The van der Waals surface area contributed by atoms with Crippen LogP contribution in [-0.4, -0.2) is 24.1 Å². The van der Waals surface area contributed by atoms with Crippen LogP contribution in [0, 0.1) is 0 Å². The van der Waals surface area contributed by atoms with Crippen molar-refractivity contribution >= 4 is 75.9 Å². The van der Waals surface area contributed by atoms with Crippen LogP contribution in [0.3, 0.4) is 0 Å². The van der Waals surface area contributed by atoms with Gasteiger partial charge < -0.3 is 4.57 Å². The van der Waals surface area contributed by atoms with Gasteiger partial charge >= 0.3 is 0 Å². The first-order valence-corrected chi connectivity index (χ1v) is 17.9. The minimum absolute atomic E-state index is 0.00640. The molecule has 0 aliphatic rings. The Morgan fingerprint density at radius 2 is 0.821 bits per heavy atom. The summed E-state index contributed by atoms with van der Waals surface area (Å²) < 4.78 is 124. The normalized spacial score (nSPS) is 15.2.